The average molecular weight is 231 g/mol. The number of hydrogen-bond acceptors (Lipinski definition) is 3. The standard InChI is InChI=1S/C13H13NO3/c1-17-12(16)13(4-5-13)9-2-3-10-8(6-9)7-11(15)14-10/h2-3,6H,4-5,7H2,1H3,(H,14,15). The molecule has 4 nitrogen and oxygen atoms in total. The zero-order valence-corrected chi connectivity index (χ0v) is 9.58. The zero-order chi connectivity index (χ0) is 12.0. The number of carbonyl (C=O) groups is 2. The number of anilines is 1. The Kier molecular flexibility index (Phi) is 2.02. The number of ether oxygens (including phenoxy) is 1. The van der Waals surface area contributed by atoms with Crippen LogP contribution < -0.4 is 5.32 Å². The number of methoxy groups -OCH3 is 1. The predicted octanol–water partition coefficient (Wildman–Crippen LogP) is 1.39. The van der Waals surface area contributed by atoms with E-state index in [9.17, 15) is 9.59 Å². The largest absolute Gasteiger partial charge is 0.468 e. The molecule has 0 radical (unpaired) electrons. The van der Waals surface area contributed by atoms with Crippen molar-refractivity contribution >= 4 is 17.6 Å². The first kappa shape index (κ1) is 10.3. The highest BCUT2D eigenvalue weighted by atomic mass is 16.5. The van der Waals surface area contributed by atoms with E-state index in [4.69, 9.17) is 4.74 Å². The molecule has 1 aliphatic carbocycles. The number of esters is 1. The molecule has 0 spiro atoms. The lowest BCUT2D eigenvalue weighted by molar-refractivity contribution is -0.143. The van der Waals surface area contributed by atoms with Crippen molar-refractivity contribution < 1.29 is 14.3 Å². The molecule has 1 amide bonds. The number of fused-ring (bicyclic) bond motifs is 1. The Hall–Kier alpha value is -1.84. The minimum Gasteiger partial charge on any atom is -0.468 e. The third kappa shape index (κ3) is 1.44. The normalized spacial score (nSPS) is 19.5. The van der Waals surface area contributed by atoms with Gasteiger partial charge in [0.1, 0.15) is 0 Å². The van der Waals surface area contributed by atoms with Gasteiger partial charge in [0.15, 0.2) is 0 Å². The molecule has 0 aromatic heterocycles. The number of nitrogens with one attached hydrogen (secondary N) is 1. The molecule has 2 aliphatic rings. The highest BCUT2D eigenvalue weighted by molar-refractivity contribution is 5.99. The van der Waals surface area contributed by atoms with E-state index in [1.807, 2.05) is 18.2 Å². The molecule has 1 N–H and O–H groups in total. The smallest absolute Gasteiger partial charge is 0.316 e. The van der Waals surface area contributed by atoms with Crippen LogP contribution in [-0.2, 0) is 26.2 Å². The SMILES string of the molecule is COC(=O)C1(c2ccc3c(c2)CC(=O)N3)CC1. The molecule has 0 unspecified atom stereocenters. The van der Waals surface area contributed by atoms with Crippen molar-refractivity contribution in [2.75, 3.05) is 12.4 Å². The van der Waals surface area contributed by atoms with E-state index in [0.29, 0.717) is 6.42 Å². The highest BCUT2D eigenvalue weighted by Gasteiger charge is 2.52. The van der Waals surface area contributed by atoms with E-state index in [-0.39, 0.29) is 11.9 Å². The molecule has 0 saturated heterocycles. The van der Waals surface area contributed by atoms with Crippen LogP contribution in [0.5, 0.6) is 0 Å². The maximum absolute atomic E-state index is 11.8. The first-order valence-electron chi connectivity index (χ1n) is 5.67. The van der Waals surface area contributed by atoms with E-state index < -0.39 is 5.41 Å². The van der Waals surface area contributed by atoms with Crippen molar-refractivity contribution in [3.05, 3.63) is 29.3 Å². The minimum atomic E-state index is -0.449. The Balaban J connectivity index is 1.99. The van der Waals surface area contributed by atoms with Crippen LogP contribution in [0.2, 0.25) is 0 Å². The van der Waals surface area contributed by atoms with E-state index in [2.05, 4.69) is 5.32 Å². The van der Waals surface area contributed by atoms with Gasteiger partial charge < -0.3 is 10.1 Å². The summed E-state index contributed by atoms with van der Waals surface area (Å²) in [5.41, 5.74) is 2.36. The topological polar surface area (TPSA) is 55.4 Å². The van der Waals surface area contributed by atoms with Gasteiger partial charge in [-0.2, -0.15) is 0 Å². The van der Waals surface area contributed by atoms with Gasteiger partial charge in [-0.3, -0.25) is 9.59 Å². The van der Waals surface area contributed by atoms with Gasteiger partial charge in [-0.05, 0) is 30.0 Å². The van der Waals surface area contributed by atoms with E-state index in [1.165, 1.54) is 7.11 Å². The second kappa shape index (κ2) is 3.32. The van der Waals surface area contributed by atoms with Crippen molar-refractivity contribution in [2.24, 2.45) is 0 Å². The molecule has 3 rings (SSSR count). The average Bonchev–Trinajstić information content (AvgIpc) is 3.04. The molecule has 1 aromatic rings. The van der Waals surface area contributed by atoms with Gasteiger partial charge in [-0.1, -0.05) is 12.1 Å². The summed E-state index contributed by atoms with van der Waals surface area (Å²) in [5, 5.41) is 2.78. The quantitative estimate of drug-likeness (QED) is 0.782. The lowest BCUT2D eigenvalue weighted by Crippen LogP contribution is -2.21. The van der Waals surface area contributed by atoms with Crippen LogP contribution in [0.1, 0.15) is 24.0 Å². The Morgan fingerprint density at radius 2 is 2.18 bits per heavy atom. The summed E-state index contributed by atoms with van der Waals surface area (Å²) in [4.78, 5) is 23.0. The Morgan fingerprint density at radius 3 is 2.82 bits per heavy atom. The number of amides is 1. The summed E-state index contributed by atoms with van der Waals surface area (Å²) in [7, 11) is 1.42. The fraction of sp³-hybridized carbons (Fsp3) is 0.385. The van der Waals surface area contributed by atoms with E-state index in [1.54, 1.807) is 0 Å². The molecule has 88 valence electrons. The molecule has 4 heteroatoms. The molecule has 1 aromatic carbocycles. The summed E-state index contributed by atoms with van der Waals surface area (Å²) in [5.74, 6) is -0.158. The molecule has 17 heavy (non-hydrogen) atoms. The molecule has 1 aliphatic heterocycles. The summed E-state index contributed by atoms with van der Waals surface area (Å²) in [6.07, 6.45) is 2.07. The summed E-state index contributed by atoms with van der Waals surface area (Å²) in [6, 6.07) is 5.74. The van der Waals surface area contributed by atoms with Crippen molar-refractivity contribution in [3.63, 3.8) is 0 Å². The monoisotopic (exact) mass is 231 g/mol. The summed E-state index contributed by atoms with van der Waals surface area (Å²) in [6.45, 7) is 0. The molecule has 1 saturated carbocycles. The number of hydrogen-bond donors (Lipinski definition) is 1. The maximum Gasteiger partial charge on any atom is 0.316 e. The van der Waals surface area contributed by atoms with Crippen LogP contribution >= 0.6 is 0 Å². The molecular weight excluding hydrogens is 218 g/mol. The Labute approximate surface area is 99.0 Å². The van der Waals surface area contributed by atoms with E-state index in [0.717, 1.165) is 29.7 Å². The van der Waals surface area contributed by atoms with Gasteiger partial charge in [0.2, 0.25) is 5.91 Å². The number of carbonyl (C=O) groups excluding carboxylic acids is 2. The summed E-state index contributed by atoms with van der Waals surface area (Å²) >= 11 is 0. The lowest BCUT2D eigenvalue weighted by Gasteiger charge is -2.13. The second-order valence-corrected chi connectivity index (χ2v) is 4.67. The molecule has 0 atom stereocenters. The first-order valence-corrected chi connectivity index (χ1v) is 5.67. The van der Waals surface area contributed by atoms with Crippen LogP contribution in [-0.4, -0.2) is 19.0 Å². The second-order valence-electron chi connectivity index (χ2n) is 4.67. The molecule has 0 bridgehead atoms. The van der Waals surface area contributed by atoms with Crippen LogP contribution in [0.15, 0.2) is 18.2 Å². The van der Waals surface area contributed by atoms with Gasteiger partial charge in [-0.25, -0.2) is 0 Å². The minimum absolute atomic E-state index is 0.0139. The first-order chi connectivity index (χ1) is 8.15. The van der Waals surface area contributed by atoms with Gasteiger partial charge in [-0.15, -0.1) is 0 Å². The fourth-order valence-corrected chi connectivity index (χ4v) is 2.46. The molecule has 1 fully saturated rings. The third-order valence-electron chi connectivity index (χ3n) is 3.61. The van der Waals surface area contributed by atoms with Gasteiger partial charge >= 0.3 is 5.97 Å². The van der Waals surface area contributed by atoms with Crippen molar-refractivity contribution in [1.29, 1.82) is 0 Å². The number of benzene rings is 1. The zero-order valence-electron chi connectivity index (χ0n) is 9.58. The maximum atomic E-state index is 11.8. The van der Waals surface area contributed by atoms with E-state index >= 15 is 0 Å². The van der Waals surface area contributed by atoms with Crippen LogP contribution in [0.4, 0.5) is 5.69 Å². The Morgan fingerprint density at radius 1 is 1.41 bits per heavy atom. The predicted molar refractivity (Wildman–Crippen MR) is 61.7 cm³/mol. The number of rotatable bonds is 2. The highest BCUT2D eigenvalue weighted by Crippen LogP contribution is 2.50. The van der Waals surface area contributed by atoms with Crippen molar-refractivity contribution in [3.8, 4) is 0 Å². The lowest BCUT2D eigenvalue weighted by atomic mass is 9.94. The van der Waals surface area contributed by atoms with Crippen LogP contribution in [0.3, 0.4) is 0 Å². The third-order valence-corrected chi connectivity index (χ3v) is 3.61. The Bertz CT molecular complexity index is 517. The van der Waals surface area contributed by atoms with Gasteiger partial charge in [0, 0.05) is 5.69 Å². The van der Waals surface area contributed by atoms with Crippen molar-refractivity contribution in [1.82, 2.24) is 0 Å². The van der Waals surface area contributed by atoms with Crippen LogP contribution in [0.25, 0.3) is 0 Å². The molecular formula is C13H13NO3. The summed E-state index contributed by atoms with van der Waals surface area (Å²) < 4.78 is 4.85. The van der Waals surface area contributed by atoms with Crippen molar-refractivity contribution in [2.45, 2.75) is 24.7 Å². The fourth-order valence-electron chi connectivity index (χ4n) is 2.46. The van der Waals surface area contributed by atoms with Gasteiger partial charge in [0.05, 0.1) is 18.9 Å². The van der Waals surface area contributed by atoms with Gasteiger partial charge in [0.25, 0.3) is 0 Å². The molecule has 1 heterocycles. The van der Waals surface area contributed by atoms with Crippen LogP contribution in [0, 0.1) is 0 Å².